The highest BCUT2D eigenvalue weighted by Gasteiger charge is 2.61. The number of carbonyl (C=O) groups is 3. The first-order valence-corrected chi connectivity index (χ1v) is 8.83. The summed E-state index contributed by atoms with van der Waals surface area (Å²) >= 11 is 0. The number of esters is 1. The Labute approximate surface area is 140 Å². The summed E-state index contributed by atoms with van der Waals surface area (Å²) in [7, 11) is 0. The van der Waals surface area contributed by atoms with Gasteiger partial charge in [-0.3, -0.25) is 14.5 Å². The predicted octanol–water partition coefficient (Wildman–Crippen LogP) is 0.801. The predicted molar refractivity (Wildman–Crippen MR) is 82.7 cm³/mol. The lowest BCUT2D eigenvalue weighted by molar-refractivity contribution is -0.200. The first-order chi connectivity index (χ1) is 11.3. The smallest absolute Gasteiger partial charge is 0.324 e. The van der Waals surface area contributed by atoms with Gasteiger partial charge in [0.2, 0.25) is 0 Å². The number of amides is 3. The topological polar surface area (TPSA) is 95.9 Å². The number of nitrogens with zero attached hydrogens (tertiary/aromatic N) is 1. The highest BCUT2D eigenvalue weighted by molar-refractivity contribution is 5.98. The van der Waals surface area contributed by atoms with Gasteiger partial charge in [0.05, 0.1) is 11.0 Å². The molecule has 4 bridgehead atoms. The van der Waals surface area contributed by atoms with Crippen molar-refractivity contribution in [3.8, 4) is 0 Å². The van der Waals surface area contributed by atoms with Crippen molar-refractivity contribution >= 4 is 17.9 Å². The van der Waals surface area contributed by atoms with E-state index in [0.717, 1.165) is 37.0 Å². The van der Waals surface area contributed by atoms with Crippen molar-refractivity contribution in [2.75, 3.05) is 13.1 Å². The van der Waals surface area contributed by atoms with Gasteiger partial charge in [-0.05, 0) is 57.3 Å². The number of ether oxygens (including phenoxy) is 1. The van der Waals surface area contributed by atoms with E-state index < -0.39 is 29.1 Å². The second kappa shape index (κ2) is 5.18. The molecule has 5 rings (SSSR count). The van der Waals surface area contributed by atoms with E-state index in [1.54, 1.807) is 0 Å². The van der Waals surface area contributed by atoms with Gasteiger partial charge in [-0.2, -0.15) is 0 Å². The van der Waals surface area contributed by atoms with E-state index in [2.05, 4.69) is 5.32 Å². The van der Waals surface area contributed by atoms with E-state index in [4.69, 9.17) is 4.74 Å². The van der Waals surface area contributed by atoms with Crippen LogP contribution in [0.3, 0.4) is 0 Å². The number of urea groups is 1. The molecule has 24 heavy (non-hydrogen) atoms. The fourth-order valence-electron chi connectivity index (χ4n) is 5.69. The lowest BCUT2D eigenvalue weighted by atomic mass is 9.48. The van der Waals surface area contributed by atoms with Gasteiger partial charge >= 0.3 is 12.0 Å². The Balaban J connectivity index is 1.46. The highest BCUT2D eigenvalue weighted by Crippen LogP contribution is 2.62. The molecular weight excluding hydrogens is 312 g/mol. The zero-order valence-corrected chi connectivity index (χ0v) is 13.9. The average Bonchev–Trinajstić information content (AvgIpc) is 2.89. The van der Waals surface area contributed by atoms with Crippen molar-refractivity contribution in [1.29, 1.82) is 0 Å². The van der Waals surface area contributed by atoms with Gasteiger partial charge in [0, 0.05) is 13.1 Å². The Morgan fingerprint density at radius 2 is 1.96 bits per heavy atom. The normalized spacial score (nSPS) is 41.2. The maximum absolute atomic E-state index is 12.8. The lowest BCUT2D eigenvalue weighted by Crippen LogP contribution is -2.59. The van der Waals surface area contributed by atoms with Crippen LogP contribution in [0.2, 0.25) is 0 Å². The summed E-state index contributed by atoms with van der Waals surface area (Å²) in [6.07, 6.45) is 3.59. The molecule has 0 aromatic rings. The number of nitrogens with one attached hydrogen (secondary N) is 1. The number of aliphatic hydroxyl groups is 1. The van der Waals surface area contributed by atoms with E-state index in [9.17, 15) is 19.5 Å². The largest absolute Gasteiger partial charge is 0.452 e. The molecule has 7 nitrogen and oxygen atoms in total. The van der Waals surface area contributed by atoms with E-state index in [1.807, 2.05) is 0 Å². The molecule has 0 aromatic carbocycles. The SMILES string of the molecule is CC(OC(=O)C12CC3CC(CC(O)(C3)C1)C2)C(=O)N1CCNC1=O. The Hall–Kier alpha value is -1.63. The zero-order chi connectivity index (χ0) is 17.1. The summed E-state index contributed by atoms with van der Waals surface area (Å²) in [5.74, 6) is -0.115. The molecule has 5 fully saturated rings. The monoisotopic (exact) mass is 336 g/mol. The summed E-state index contributed by atoms with van der Waals surface area (Å²) in [5, 5.41) is 13.3. The van der Waals surface area contributed by atoms with Gasteiger partial charge in [-0.25, -0.2) is 4.79 Å². The Morgan fingerprint density at radius 3 is 2.50 bits per heavy atom. The van der Waals surface area contributed by atoms with E-state index in [1.165, 1.54) is 6.92 Å². The Morgan fingerprint density at radius 1 is 1.29 bits per heavy atom. The minimum Gasteiger partial charge on any atom is -0.452 e. The average molecular weight is 336 g/mol. The van der Waals surface area contributed by atoms with Gasteiger partial charge < -0.3 is 15.2 Å². The maximum atomic E-state index is 12.8. The molecule has 1 saturated heterocycles. The molecule has 3 amide bonds. The van der Waals surface area contributed by atoms with Crippen molar-refractivity contribution in [1.82, 2.24) is 10.2 Å². The fourth-order valence-corrected chi connectivity index (χ4v) is 5.69. The van der Waals surface area contributed by atoms with E-state index in [0.29, 0.717) is 31.3 Å². The first kappa shape index (κ1) is 15.9. The molecule has 3 atom stereocenters. The van der Waals surface area contributed by atoms with Crippen LogP contribution in [0.4, 0.5) is 4.79 Å². The van der Waals surface area contributed by atoms with Crippen LogP contribution in [0.5, 0.6) is 0 Å². The molecule has 2 N–H and O–H groups in total. The third-order valence-electron chi connectivity index (χ3n) is 6.22. The van der Waals surface area contributed by atoms with Crippen LogP contribution in [-0.4, -0.2) is 52.7 Å². The molecule has 0 aromatic heterocycles. The number of rotatable bonds is 3. The zero-order valence-electron chi connectivity index (χ0n) is 13.9. The summed E-state index contributed by atoms with van der Waals surface area (Å²) in [6, 6.07) is -0.438. The summed E-state index contributed by atoms with van der Waals surface area (Å²) < 4.78 is 5.48. The molecule has 4 aliphatic carbocycles. The van der Waals surface area contributed by atoms with Gasteiger partial charge in [0.15, 0.2) is 6.10 Å². The summed E-state index contributed by atoms with van der Waals surface area (Å²) in [4.78, 5) is 37.8. The number of hydrogen-bond donors (Lipinski definition) is 2. The third kappa shape index (κ3) is 2.41. The van der Waals surface area contributed by atoms with Crippen LogP contribution in [0.25, 0.3) is 0 Å². The quantitative estimate of drug-likeness (QED) is 0.743. The molecule has 3 unspecified atom stereocenters. The first-order valence-electron chi connectivity index (χ1n) is 8.83. The second-order valence-corrected chi connectivity index (χ2v) is 8.24. The van der Waals surface area contributed by atoms with Gasteiger partial charge in [-0.1, -0.05) is 0 Å². The van der Waals surface area contributed by atoms with Crippen molar-refractivity contribution in [3.05, 3.63) is 0 Å². The Kier molecular flexibility index (Phi) is 3.43. The van der Waals surface area contributed by atoms with Crippen molar-refractivity contribution < 1.29 is 24.2 Å². The molecular formula is C17H24N2O5. The molecule has 7 heteroatoms. The summed E-state index contributed by atoms with van der Waals surface area (Å²) in [5.41, 5.74) is -1.40. The highest BCUT2D eigenvalue weighted by atomic mass is 16.5. The molecule has 0 spiro atoms. The van der Waals surface area contributed by atoms with Crippen molar-refractivity contribution in [3.63, 3.8) is 0 Å². The van der Waals surface area contributed by atoms with Crippen LogP contribution >= 0.6 is 0 Å². The molecule has 5 aliphatic rings. The molecule has 1 heterocycles. The summed E-state index contributed by atoms with van der Waals surface area (Å²) in [6.45, 7) is 2.24. The molecule has 0 radical (unpaired) electrons. The van der Waals surface area contributed by atoms with Crippen LogP contribution in [0.1, 0.15) is 45.4 Å². The lowest BCUT2D eigenvalue weighted by Gasteiger charge is -2.58. The van der Waals surface area contributed by atoms with Crippen LogP contribution in [0, 0.1) is 17.3 Å². The standard InChI is InChI=1S/C17H24N2O5/c1-10(13(20)19-3-2-18-15(19)22)24-14(21)16-5-11-4-12(6-16)8-17(23,7-11)9-16/h10-12,23H,2-9H2,1H3,(H,18,22). The maximum Gasteiger partial charge on any atom is 0.324 e. The molecule has 132 valence electrons. The van der Waals surface area contributed by atoms with Crippen LogP contribution in [0.15, 0.2) is 0 Å². The van der Waals surface area contributed by atoms with Crippen LogP contribution < -0.4 is 5.32 Å². The number of imide groups is 1. The Bertz CT molecular complexity index is 590. The number of carbonyl (C=O) groups excluding carboxylic acids is 3. The second-order valence-electron chi connectivity index (χ2n) is 8.24. The fraction of sp³-hybridized carbons (Fsp3) is 0.824. The number of hydrogen-bond acceptors (Lipinski definition) is 5. The van der Waals surface area contributed by atoms with E-state index in [-0.39, 0.29) is 5.97 Å². The minimum absolute atomic E-state index is 0.300. The van der Waals surface area contributed by atoms with Gasteiger partial charge in [0.1, 0.15) is 0 Å². The minimum atomic E-state index is -0.982. The molecule has 1 aliphatic heterocycles. The van der Waals surface area contributed by atoms with Gasteiger partial charge in [-0.15, -0.1) is 0 Å². The molecule has 4 saturated carbocycles. The van der Waals surface area contributed by atoms with Crippen molar-refractivity contribution in [2.45, 2.75) is 57.2 Å². The van der Waals surface area contributed by atoms with Crippen molar-refractivity contribution in [2.24, 2.45) is 17.3 Å². The third-order valence-corrected chi connectivity index (χ3v) is 6.22. The van der Waals surface area contributed by atoms with E-state index >= 15 is 0 Å². The van der Waals surface area contributed by atoms with Crippen LogP contribution in [-0.2, 0) is 14.3 Å². The van der Waals surface area contributed by atoms with Gasteiger partial charge in [0.25, 0.3) is 5.91 Å².